The number of hydrogen-bond donors (Lipinski definition) is 0. The molecule has 0 fully saturated rings. The molecule has 0 aromatic heterocycles. The Kier molecular flexibility index (Phi) is 6.32. The van der Waals surface area contributed by atoms with E-state index in [-0.39, 0.29) is 5.56 Å². The first-order valence-electron chi connectivity index (χ1n) is 5.79. The van der Waals surface area contributed by atoms with Crippen molar-refractivity contribution in [3.05, 3.63) is 27.3 Å². The summed E-state index contributed by atoms with van der Waals surface area (Å²) in [6, 6.07) is 4.99. The molecule has 17 heavy (non-hydrogen) atoms. The van der Waals surface area contributed by atoms with Gasteiger partial charge >= 0.3 is 0 Å². The number of ether oxygens (including phenoxy) is 1. The predicted octanol–water partition coefficient (Wildman–Crippen LogP) is 2.61. The average molecular weight is 347 g/mol. The summed E-state index contributed by atoms with van der Waals surface area (Å²) in [5.74, 6) is -0.779. The topological polar surface area (TPSA) is 49.4 Å². The van der Waals surface area contributed by atoms with Crippen molar-refractivity contribution in [2.75, 3.05) is 6.61 Å². The maximum Gasteiger partial charge on any atom is 0.129 e. The van der Waals surface area contributed by atoms with E-state index in [9.17, 15) is 9.90 Å². The maximum atomic E-state index is 10.9. The van der Waals surface area contributed by atoms with E-state index in [0.717, 1.165) is 16.4 Å². The highest BCUT2D eigenvalue weighted by Crippen LogP contribution is 2.21. The van der Waals surface area contributed by atoms with Crippen molar-refractivity contribution in [1.82, 2.24) is 0 Å². The number of unbranched alkanes of at least 4 members (excludes halogenated alkanes) is 3. The lowest BCUT2D eigenvalue weighted by molar-refractivity contribution is -0.255. The molecule has 1 rings (SSSR count). The molecule has 1 aromatic rings. The molecular formula is C13H16IO3-. The second kappa shape index (κ2) is 7.53. The molecule has 0 spiro atoms. The van der Waals surface area contributed by atoms with Gasteiger partial charge in [0.1, 0.15) is 5.75 Å². The van der Waals surface area contributed by atoms with Crippen LogP contribution in [0.3, 0.4) is 0 Å². The van der Waals surface area contributed by atoms with Gasteiger partial charge in [-0.15, -0.1) is 0 Å². The van der Waals surface area contributed by atoms with E-state index in [1.807, 2.05) is 0 Å². The van der Waals surface area contributed by atoms with E-state index < -0.39 is 5.97 Å². The van der Waals surface area contributed by atoms with Crippen LogP contribution in [0.15, 0.2) is 18.2 Å². The lowest BCUT2D eigenvalue weighted by atomic mass is 10.2. The Labute approximate surface area is 115 Å². The highest BCUT2D eigenvalue weighted by molar-refractivity contribution is 14.1. The van der Waals surface area contributed by atoms with E-state index in [1.165, 1.54) is 18.9 Å². The third kappa shape index (κ3) is 4.93. The highest BCUT2D eigenvalue weighted by atomic mass is 127. The molecule has 0 bridgehead atoms. The van der Waals surface area contributed by atoms with Crippen LogP contribution in [0.5, 0.6) is 5.75 Å². The van der Waals surface area contributed by atoms with E-state index in [4.69, 9.17) is 4.74 Å². The molecule has 3 nitrogen and oxygen atoms in total. The van der Waals surface area contributed by atoms with Gasteiger partial charge in [-0.05, 0) is 47.2 Å². The zero-order valence-corrected chi connectivity index (χ0v) is 12.0. The van der Waals surface area contributed by atoms with E-state index >= 15 is 0 Å². The van der Waals surface area contributed by atoms with Crippen molar-refractivity contribution >= 4 is 28.6 Å². The van der Waals surface area contributed by atoms with Crippen LogP contribution in [0.2, 0.25) is 0 Å². The molecule has 0 atom stereocenters. The maximum absolute atomic E-state index is 10.9. The number of benzene rings is 1. The zero-order valence-electron chi connectivity index (χ0n) is 9.87. The Morgan fingerprint density at radius 3 is 2.76 bits per heavy atom. The number of hydrogen-bond acceptors (Lipinski definition) is 3. The minimum absolute atomic E-state index is 0.126. The van der Waals surface area contributed by atoms with Gasteiger partial charge in [0, 0.05) is 9.13 Å². The third-order valence-corrected chi connectivity index (χ3v) is 3.09. The number of carboxylic acids is 1. The number of rotatable bonds is 7. The molecule has 0 aliphatic rings. The molecule has 0 saturated heterocycles. The van der Waals surface area contributed by atoms with E-state index in [1.54, 1.807) is 12.1 Å². The molecule has 0 heterocycles. The standard InChI is InChI=1S/C13H17IO3/c1-2-3-4-5-8-17-12-9-10(14)6-7-11(12)13(15)16/h6-7,9H,2-5,8H2,1H3,(H,15,16)/p-1. The van der Waals surface area contributed by atoms with Crippen molar-refractivity contribution in [3.63, 3.8) is 0 Å². The Bertz CT molecular complexity index is 377. The molecule has 0 amide bonds. The largest absolute Gasteiger partial charge is 0.545 e. The fourth-order valence-corrected chi connectivity index (χ4v) is 1.96. The summed E-state index contributed by atoms with van der Waals surface area (Å²) in [6.07, 6.45) is 4.42. The predicted molar refractivity (Wildman–Crippen MR) is 73.1 cm³/mol. The van der Waals surface area contributed by atoms with E-state index in [2.05, 4.69) is 29.5 Å². The quantitative estimate of drug-likeness (QED) is 0.563. The van der Waals surface area contributed by atoms with Gasteiger partial charge in [-0.1, -0.05) is 26.2 Å². The summed E-state index contributed by atoms with van der Waals surface area (Å²) in [5, 5.41) is 10.9. The summed E-state index contributed by atoms with van der Waals surface area (Å²) in [5.41, 5.74) is 0.126. The van der Waals surface area contributed by atoms with Crippen molar-refractivity contribution < 1.29 is 14.6 Å². The number of halogens is 1. The lowest BCUT2D eigenvalue weighted by Crippen LogP contribution is -2.23. The fraction of sp³-hybridized carbons (Fsp3) is 0.462. The summed E-state index contributed by atoms with van der Waals surface area (Å²) >= 11 is 2.13. The lowest BCUT2D eigenvalue weighted by Gasteiger charge is -2.12. The van der Waals surface area contributed by atoms with Gasteiger partial charge in [-0.3, -0.25) is 0 Å². The van der Waals surface area contributed by atoms with Crippen LogP contribution < -0.4 is 9.84 Å². The molecule has 4 heteroatoms. The van der Waals surface area contributed by atoms with Crippen LogP contribution >= 0.6 is 22.6 Å². The smallest absolute Gasteiger partial charge is 0.129 e. The van der Waals surface area contributed by atoms with Crippen LogP contribution in [0.1, 0.15) is 43.0 Å². The second-order valence-corrected chi connectivity index (χ2v) is 5.08. The molecule has 0 N–H and O–H groups in total. The Hall–Kier alpha value is -0.780. The van der Waals surface area contributed by atoms with Crippen molar-refractivity contribution in [2.45, 2.75) is 32.6 Å². The number of carbonyl (C=O) groups is 1. The minimum Gasteiger partial charge on any atom is -0.545 e. The fourth-order valence-electron chi connectivity index (χ4n) is 1.50. The molecular weight excluding hydrogens is 331 g/mol. The molecule has 0 aliphatic carbocycles. The molecule has 0 radical (unpaired) electrons. The summed E-state index contributed by atoms with van der Waals surface area (Å²) in [7, 11) is 0. The van der Waals surface area contributed by atoms with Gasteiger partial charge in [-0.25, -0.2) is 0 Å². The van der Waals surface area contributed by atoms with Crippen LogP contribution in [0, 0.1) is 3.57 Å². The number of aromatic carboxylic acids is 1. The third-order valence-electron chi connectivity index (χ3n) is 2.42. The van der Waals surface area contributed by atoms with Gasteiger partial charge in [0.05, 0.1) is 12.6 Å². The first-order chi connectivity index (χ1) is 8.15. The number of carbonyl (C=O) groups excluding carboxylic acids is 1. The van der Waals surface area contributed by atoms with Crippen LogP contribution in [-0.2, 0) is 0 Å². The Morgan fingerprint density at radius 1 is 1.35 bits per heavy atom. The second-order valence-electron chi connectivity index (χ2n) is 3.84. The first-order valence-corrected chi connectivity index (χ1v) is 6.86. The van der Waals surface area contributed by atoms with Crippen LogP contribution in [-0.4, -0.2) is 12.6 Å². The average Bonchev–Trinajstić information content (AvgIpc) is 2.28. The molecule has 94 valence electrons. The van der Waals surface area contributed by atoms with E-state index in [0.29, 0.717) is 12.4 Å². The SMILES string of the molecule is CCCCCCOc1cc(I)ccc1C(=O)[O-]. The number of carboxylic acid groups (broad SMARTS) is 1. The molecule has 1 aromatic carbocycles. The minimum atomic E-state index is -1.19. The summed E-state index contributed by atoms with van der Waals surface area (Å²) in [6.45, 7) is 2.70. The van der Waals surface area contributed by atoms with Gasteiger partial charge in [0.15, 0.2) is 0 Å². The summed E-state index contributed by atoms with van der Waals surface area (Å²) < 4.78 is 6.45. The molecule has 0 unspecified atom stereocenters. The normalized spacial score (nSPS) is 10.2. The Morgan fingerprint density at radius 2 is 2.12 bits per heavy atom. The molecule has 0 aliphatic heterocycles. The zero-order chi connectivity index (χ0) is 12.7. The molecule has 0 saturated carbocycles. The van der Waals surface area contributed by atoms with Crippen molar-refractivity contribution in [3.8, 4) is 5.75 Å². The van der Waals surface area contributed by atoms with Gasteiger partial charge in [-0.2, -0.15) is 0 Å². The van der Waals surface area contributed by atoms with Crippen LogP contribution in [0.25, 0.3) is 0 Å². The van der Waals surface area contributed by atoms with Crippen LogP contribution in [0.4, 0.5) is 0 Å². The Balaban J connectivity index is 2.56. The van der Waals surface area contributed by atoms with Crippen molar-refractivity contribution in [1.29, 1.82) is 0 Å². The first kappa shape index (κ1) is 14.3. The monoisotopic (exact) mass is 347 g/mol. The summed E-state index contributed by atoms with van der Waals surface area (Å²) in [4.78, 5) is 10.9. The van der Waals surface area contributed by atoms with Gasteiger partial charge in [0.2, 0.25) is 0 Å². The van der Waals surface area contributed by atoms with Gasteiger partial charge in [0.25, 0.3) is 0 Å². The van der Waals surface area contributed by atoms with Crippen molar-refractivity contribution in [2.24, 2.45) is 0 Å². The highest BCUT2D eigenvalue weighted by Gasteiger charge is 2.05. The van der Waals surface area contributed by atoms with Gasteiger partial charge < -0.3 is 14.6 Å².